The molecule has 5 rings (SSSR count). The lowest BCUT2D eigenvalue weighted by atomic mass is 9.49. The molecule has 1 N–H and O–H groups in total. The molecule has 0 radical (unpaired) electrons. The van der Waals surface area contributed by atoms with Gasteiger partial charge in [0.25, 0.3) is 5.91 Å². The Balaban J connectivity index is 1.38. The summed E-state index contributed by atoms with van der Waals surface area (Å²) >= 11 is 9.80. The van der Waals surface area contributed by atoms with E-state index in [4.69, 9.17) is 16.3 Å². The molecule has 0 unspecified atom stereocenters. The highest BCUT2D eigenvalue weighted by Gasteiger charge is 2.60. The van der Waals surface area contributed by atoms with Crippen molar-refractivity contribution in [1.82, 2.24) is 4.98 Å². The quantitative estimate of drug-likeness (QED) is 0.449. The second-order valence-corrected chi connectivity index (χ2v) is 9.90. The Kier molecular flexibility index (Phi) is 4.31. The van der Waals surface area contributed by atoms with Crippen molar-refractivity contribution >= 4 is 45.1 Å². The van der Waals surface area contributed by atoms with Crippen molar-refractivity contribution in [2.24, 2.45) is 17.3 Å². The third kappa shape index (κ3) is 3.31. The van der Waals surface area contributed by atoms with Crippen LogP contribution in [0.4, 0.5) is 5.69 Å². The van der Waals surface area contributed by atoms with Crippen LogP contribution in [0.25, 0.3) is 0 Å². The Morgan fingerprint density at radius 3 is 2.68 bits per heavy atom. The van der Waals surface area contributed by atoms with Gasteiger partial charge in [-0.25, -0.2) is 4.98 Å². The van der Waals surface area contributed by atoms with E-state index in [1.54, 1.807) is 18.3 Å². The van der Waals surface area contributed by atoms with Crippen molar-refractivity contribution in [2.75, 3.05) is 11.9 Å². The Morgan fingerprint density at radius 2 is 2.04 bits per heavy atom. The van der Waals surface area contributed by atoms with Crippen LogP contribution in [0.1, 0.15) is 38.5 Å². The number of pyridine rings is 1. The number of aromatic nitrogens is 1. The van der Waals surface area contributed by atoms with Crippen LogP contribution >= 0.6 is 27.5 Å². The lowest BCUT2D eigenvalue weighted by molar-refractivity contribution is -0.170. The van der Waals surface area contributed by atoms with Gasteiger partial charge in [-0.1, -0.05) is 27.5 Å². The highest BCUT2D eigenvalue weighted by molar-refractivity contribution is 9.10. The largest absolute Gasteiger partial charge is 0.455 e. The van der Waals surface area contributed by atoms with Gasteiger partial charge in [-0.3, -0.25) is 9.59 Å². The number of hydrogen-bond acceptors (Lipinski definition) is 4. The van der Waals surface area contributed by atoms with Crippen molar-refractivity contribution in [2.45, 2.75) is 42.8 Å². The summed E-state index contributed by atoms with van der Waals surface area (Å²) in [6.07, 6.45) is 7.68. The normalized spacial score (nSPS) is 35.4. The van der Waals surface area contributed by atoms with Crippen LogP contribution in [0.3, 0.4) is 0 Å². The smallest absolute Gasteiger partial charge is 0.312 e. The molecule has 1 aromatic rings. The summed E-state index contributed by atoms with van der Waals surface area (Å²) in [5.74, 6) is 0.562. The Bertz CT molecular complexity index is 712. The van der Waals surface area contributed by atoms with Crippen molar-refractivity contribution < 1.29 is 14.3 Å². The molecule has 4 aliphatic rings. The van der Waals surface area contributed by atoms with Crippen molar-refractivity contribution in [3.63, 3.8) is 0 Å². The molecule has 4 fully saturated rings. The predicted molar refractivity (Wildman–Crippen MR) is 97.6 cm³/mol. The summed E-state index contributed by atoms with van der Waals surface area (Å²) < 4.78 is 5.50. The summed E-state index contributed by atoms with van der Waals surface area (Å²) in [5, 5.41) is 2.84. The van der Waals surface area contributed by atoms with Gasteiger partial charge in [-0.05, 0) is 62.5 Å². The summed E-state index contributed by atoms with van der Waals surface area (Å²) in [4.78, 5) is 28.8. The molecule has 1 aromatic heterocycles. The molecule has 25 heavy (non-hydrogen) atoms. The predicted octanol–water partition coefficient (Wildman–Crippen LogP) is 3.95. The standard InChI is InChI=1S/C18H20BrClN2O3/c19-18-7-11-4-12(8-18)6-17(5-11,10-18)16(24)25-9-14(23)22-13-2-1-3-21-15(13)20/h1-3,11-12H,4-10H2,(H,22,23)/t11-,12-,17?,18?/m1/s1. The summed E-state index contributed by atoms with van der Waals surface area (Å²) in [7, 11) is 0. The number of nitrogens with one attached hydrogen (secondary N) is 1. The van der Waals surface area contributed by atoms with Crippen LogP contribution in [0.5, 0.6) is 0 Å². The number of rotatable bonds is 4. The van der Waals surface area contributed by atoms with Crippen LogP contribution in [0.2, 0.25) is 5.15 Å². The zero-order chi connectivity index (χ0) is 17.7. The molecule has 1 amide bonds. The van der Waals surface area contributed by atoms with E-state index < -0.39 is 11.3 Å². The average Bonchev–Trinajstić information content (AvgIpc) is 2.52. The second-order valence-electron chi connectivity index (χ2n) is 7.86. The number of ether oxygens (including phenoxy) is 1. The van der Waals surface area contributed by atoms with Gasteiger partial charge in [0.1, 0.15) is 0 Å². The molecule has 7 heteroatoms. The van der Waals surface area contributed by atoms with Gasteiger partial charge < -0.3 is 10.1 Å². The summed E-state index contributed by atoms with van der Waals surface area (Å²) in [6, 6.07) is 3.33. The molecule has 134 valence electrons. The molecule has 4 saturated carbocycles. The second kappa shape index (κ2) is 6.23. The first-order valence-electron chi connectivity index (χ1n) is 8.64. The van der Waals surface area contributed by atoms with Crippen LogP contribution < -0.4 is 5.32 Å². The fourth-order valence-corrected chi connectivity index (χ4v) is 6.96. The topological polar surface area (TPSA) is 68.3 Å². The number of hydrogen-bond donors (Lipinski definition) is 1. The van der Waals surface area contributed by atoms with Gasteiger partial charge in [0.2, 0.25) is 0 Å². The number of amides is 1. The van der Waals surface area contributed by atoms with E-state index in [1.165, 1.54) is 6.42 Å². The van der Waals surface area contributed by atoms with Gasteiger partial charge >= 0.3 is 5.97 Å². The lowest BCUT2D eigenvalue weighted by Gasteiger charge is -2.58. The van der Waals surface area contributed by atoms with Gasteiger partial charge in [0.15, 0.2) is 11.8 Å². The van der Waals surface area contributed by atoms with E-state index in [1.807, 2.05) is 0 Å². The maximum Gasteiger partial charge on any atom is 0.312 e. The molecule has 5 nitrogen and oxygen atoms in total. The maximum atomic E-state index is 12.8. The summed E-state index contributed by atoms with van der Waals surface area (Å²) in [6.45, 7) is -0.295. The molecule has 2 atom stereocenters. The summed E-state index contributed by atoms with van der Waals surface area (Å²) in [5.41, 5.74) is -0.000714. The third-order valence-electron chi connectivity index (χ3n) is 5.79. The molecule has 0 saturated heterocycles. The number of esters is 1. The molecule has 4 bridgehead atoms. The zero-order valence-corrected chi connectivity index (χ0v) is 16.1. The lowest BCUT2D eigenvalue weighted by Crippen LogP contribution is -2.56. The Hall–Kier alpha value is -1.14. The van der Waals surface area contributed by atoms with Gasteiger partial charge in [-0.15, -0.1) is 0 Å². The van der Waals surface area contributed by atoms with Crippen LogP contribution in [-0.4, -0.2) is 27.8 Å². The zero-order valence-electron chi connectivity index (χ0n) is 13.8. The first-order valence-corrected chi connectivity index (χ1v) is 9.81. The van der Waals surface area contributed by atoms with E-state index in [0.29, 0.717) is 17.5 Å². The number of alkyl halides is 1. The highest BCUT2D eigenvalue weighted by Crippen LogP contribution is 2.64. The van der Waals surface area contributed by atoms with Crippen molar-refractivity contribution in [3.05, 3.63) is 23.5 Å². The van der Waals surface area contributed by atoms with Crippen molar-refractivity contribution in [3.8, 4) is 0 Å². The first-order chi connectivity index (χ1) is 11.9. The minimum atomic E-state index is -0.417. The Morgan fingerprint density at radius 1 is 1.32 bits per heavy atom. The monoisotopic (exact) mass is 426 g/mol. The van der Waals surface area contributed by atoms with E-state index in [0.717, 1.165) is 32.1 Å². The van der Waals surface area contributed by atoms with E-state index in [-0.39, 0.29) is 22.1 Å². The maximum absolute atomic E-state index is 12.8. The number of carbonyl (C=O) groups excluding carboxylic acids is 2. The number of nitrogens with zero attached hydrogens (tertiary/aromatic N) is 1. The van der Waals surface area contributed by atoms with Crippen LogP contribution in [0.15, 0.2) is 18.3 Å². The van der Waals surface area contributed by atoms with E-state index in [9.17, 15) is 9.59 Å². The molecular weight excluding hydrogens is 408 g/mol. The Labute approximate surface area is 160 Å². The highest BCUT2D eigenvalue weighted by atomic mass is 79.9. The minimum Gasteiger partial charge on any atom is -0.455 e. The fraction of sp³-hybridized carbons (Fsp3) is 0.611. The number of halogens is 2. The van der Waals surface area contributed by atoms with E-state index >= 15 is 0 Å². The molecule has 4 aliphatic carbocycles. The van der Waals surface area contributed by atoms with Crippen LogP contribution in [0, 0.1) is 17.3 Å². The number of carbonyl (C=O) groups is 2. The fourth-order valence-electron chi connectivity index (χ4n) is 5.34. The van der Waals surface area contributed by atoms with Crippen molar-refractivity contribution in [1.29, 1.82) is 0 Å². The first kappa shape index (κ1) is 17.3. The van der Waals surface area contributed by atoms with Crippen LogP contribution in [-0.2, 0) is 14.3 Å². The molecule has 0 aliphatic heterocycles. The SMILES string of the molecule is O=C(COC(=O)C12C[C@H]3C[C@@H](CC(Br)(C3)C1)C2)Nc1cccnc1Cl. The van der Waals surface area contributed by atoms with Gasteiger partial charge in [-0.2, -0.15) is 0 Å². The molecule has 0 spiro atoms. The average molecular weight is 428 g/mol. The molecular formula is C18H20BrClN2O3. The van der Waals surface area contributed by atoms with E-state index in [2.05, 4.69) is 26.2 Å². The van der Waals surface area contributed by atoms with Gasteiger partial charge in [0, 0.05) is 10.5 Å². The molecule has 0 aromatic carbocycles. The molecule has 1 heterocycles. The third-order valence-corrected chi connectivity index (χ3v) is 7.02. The number of anilines is 1. The minimum absolute atomic E-state index is 0.0849. The van der Waals surface area contributed by atoms with Gasteiger partial charge in [0.05, 0.1) is 11.1 Å².